The summed E-state index contributed by atoms with van der Waals surface area (Å²) in [4.78, 5) is 15.4. The van der Waals surface area contributed by atoms with Crippen LogP contribution in [-0.2, 0) is 6.42 Å². The van der Waals surface area contributed by atoms with Crippen LogP contribution in [0.25, 0.3) is 5.69 Å². The molecule has 0 bridgehead atoms. The van der Waals surface area contributed by atoms with Crippen LogP contribution < -0.4 is 15.0 Å². The lowest BCUT2D eigenvalue weighted by molar-refractivity contribution is 0.440. The monoisotopic (exact) mass is 412 g/mol. The van der Waals surface area contributed by atoms with Gasteiger partial charge in [-0.2, -0.15) is 4.98 Å². The van der Waals surface area contributed by atoms with Crippen molar-refractivity contribution >= 4 is 5.95 Å². The highest BCUT2D eigenvalue weighted by Gasteiger charge is 2.21. The fourth-order valence-corrected chi connectivity index (χ4v) is 3.80. The number of anilines is 1. The molecule has 31 heavy (non-hydrogen) atoms. The zero-order chi connectivity index (χ0) is 20.9. The summed E-state index contributed by atoms with van der Waals surface area (Å²) >= 11 is 0. The van der Waals surface area contributed by atoms with E-state index in [-0.39, 0.29) is 0 Å². The Hall–Kier alpha value is -3.71. The first-order chi connectivity index (χ1) is 15.3. The van der Waals surface area contributed by atoms with Crippen LogP contribution >= 0.6 is 0 Å². The van der Waals surface area contributed by atoms with Gasteiger partial charge in [-0.3, -0.25) is 0 Å². The van der Waals surface area contributed by atoms with E-state index in [1.54, 1.807) is 24.8 Å². The molecule has 2 aromatic heterocycles. The second-order valence-electron chi connectivity index (χ2n) is 7.55. The van der Waals surface area contributed by atoms with E-state index in [0.717, 1.165) is 37.5 Å². The Labute approximate surface area is 181 Å². The molecule has 0 unspecified atom stereocenters. The molecule has 4 aromatic rings. The summed E-state index contributed by atoms with van der Waals surface area (Å²) < 4.78 is 7.93. The van der Waals surface area contributed by atoms with Gasteiger partial charge in [0.2, 0.25) is 11.8 Å². The third-order valence-electron chi connectivity index (χ3n) is 5.34. The number of hydrogen-bond acceptors (Lipinski definition) is 6. The highest BCUT2D eigenvalue weighted by molar-refractivity contribution is 5.40. The summed E-state index contributed by atoms with van der Waals surface area (Å²) in [7, 11) is 0. The summed E-state index contributed by atoms with van der Waals surface area (Å²) in [6.07, 6.45) is 8.17. The van der Waals surface area contributed by atoms with Gasteiger partial charge < -0.3 is 19.5 Å². The second kappa shape index (κ2) is 8.97. The van der Waals surface area contributed by atoms with Gasteiger partial charge in [-0.05, 0) is 36.2 Å². The molecule has 1 aliphatic rings. The average molecular weight is 412 g/mol. The molecule has 1 fully saturated rings. The molecular formula is C24H24N6O. The minimum atomic E-state index is 0.361. The topological polar surface area (TPSA) is 68.1 Å². The number of piperazine rings is 1. The fourth-order valence-electron chi connectivity index (χ4n) is 3.80. The van der Waals surface area contributed by atoms with Gasteiger partial charge in [0.1, 0.15) is 5.75 Å². The van der Waals surface area contributed by atoms with Crippen molar-refractivity contribution in [1.29, 1.82) is 0 Å². The first-order valence-corrected chi connectivity index (χ1v) is 10.4. The molecule has 156 valence electrons. The van der Waals surface area contributed by atoms with E-state index in [1.807, 2.05) is 35.0 Å². The lowest BCUT2D eigenvalue weighted by atomic mass is 10.0. The van der Waals surface area contributed by atoms with Crippen molar-refractivity contribution in [2.45, 2.75) is 12.5 Å². The molecule has 3 heterocycles. The Kier molecular flexibility index (Phi) is 5.58. The summed E-state index contributed by atoms with van der Waals surface area (Å²) in [6, 6.07) is 20.5. The average Bonchev–Trinajstić information content (AvgIpc) is 3.36. The van der Waals surface area contributed by atoms with E-state index in [2.05, 4.69) is 55.5 Å². The van der Waals surface area contributed by atoms with E-state index in [0.29, 0.717) is 17.9 Å². The van der Waals surface area contributed by atoms with Crippen molar-refractivity contribution in [3.8, 4) is 17.3 Å². The van der Waals surface area contributed by atoms with Crippen LogP contribution in [0.4, 0.5) is 5.95 Å². The van der Waals surface area contributed by atoms with Gasteiger partial charge in [-0.25, -0.2) is 9.97 Å². The summed E-state index contributed by atoms with van der Waals surface area (Å²) in [6.45, 7) is 2.63. The summed E-state index contributed by atoms with van der Waals surface area (Å²) in [5, 5.41) is 3.60. The maximum absolute atomic E-state index is 5.99. The molecule has 1 aliphatic heterocycles. The van der Waals surface area contributed by atoms with Crippen molar-refractivity contribution in [3.63, 3.8) is 0 Å². The molecule has 0 aliphatic carbocycles. The Morgan fingerprint density at radius 2 is 1.87 bits per heavy atom. The molecule has 7 heteroatoms. The number of imidazole rings is 1. The predicted octanol–water partition coefficient (Wildman–Crippen LogP) is 3.48. The maximum atomic E-state index is 5.99. The van der Waals surface area contributed by atoms with Gasteiger partial charge in [0.15, 0.2) is 0 Å². The van der Waals surface area contributed by atoms with Crippen LogP contribution in [0.1, 0.15) is 5.56 Å². The number of nitrogens with zero attached hydrogens (tertiary/aromatic N) is 5. The number of benzene rings is 2. The normalized spacial score (nSPS) is 16.3. The summed E-state index contributed by atoms with van der Waals surface area (Å²) in [5.41, 5.74) is 2.36. The van der Waals surface area contributed by atoms with Gasteiger partial charge in [0.25, 0.3) is 0 Å². The molecule has 0 amide bonds. The number of hydrogen-bond donors (Lipinski definition) is 1. The smallest absolute Gasteiger partial charge is 0.228 e. The van der Waals surface area contributed by atoms with Gasteiger partial charge in [0.05, 0.1) is 6.33 Å². The lowest BCUT2D eigenvalue weighted by Gasteiger charge is -2.33. The quantitative estimate of drug-likeness (QED) is 0.523. The van der Waals surface area contributed by atoms with E-state index in [1.165, 1.54) is 5.56 Å². The van der Waals surface area contributed by atoms with Gasteiger partial charge >= 0.3 is 0 Å². The number of aromatic nitrogens is 4. The van der Waals surface area contributed by atoms with Crippen LogP contribution in [0.3, 0.4) is 0 Å². The lowest BCUT2D eigenvalue weighted by Crippen LogP contribution is -2.52. The molecule has 1 atom stereocenters. The van der Waals surface area contributed by atoms with E-state index < -0.39 is 0 Å². The third-order valence-corrected chi connectivity index (χ3v) is 5.34. The van der Waals surface area contributed by atoms with Gasteiger partial charge in [-0.1, -0.05) is 30.3 Å². The zero-order valence-corrected chi connectivity index (χ0v) is 17.1. The third kappa shape index (κ3) is 4.73. The van der Waals surface area contributed by atoms with Crippen LogP contribution in [0.5, 0.6) is 11.6 Å². The van der Waals surface area contributed by atoms with Crippen molar-refractivity contribution in [2.75, 3.05) is 24.5 Å². The first kappa shape index (κ1) is 19.3. The molecule has 2 aromatic carbocycles. The Morgan fingerprint density at radius 1 is 1.00 bits per heavy atom. The standard InChI is InChI=1S/C24H24N6O/c1-2-4-19(5-3-1)16-20-17-29(15-13-26-20)24-27-11-10-23(28-24)31-22-8-6-21(7-9-22)30-14-12-25-18-30/h1-12,14,18,20,26H,13,15-17H2/t20-/m1/s1. The van der Waals surface area contributed by atoms with E-state index in [9.17, 15) is 0 Å². The van der Waals surface area contributed by atoms with Crippen LogP contribution in [-0.4, -0.2) is 45.2 Å². The summed E-state index contributed by atoms with van der Waals surface area (Å²) in [5.74, 6) is 1.97. The van der Waals surface area contributed by atoms with Crippen molar-refractivity contribution in [1.82, 2.24) is 24.8 Å². The van der Waals surface area contributed by atoms with Crippen LogP contribution in [0.15, 0.2) is 85.6 Å². The van der Waals surface area contributed by atoms with E-state index in [4.69, 9.17) is 4.74 Å². The second-order valence-corrected chi connectivity index (χ2v) is 7.55. The molecular weight excluding hydrogens is 388 g/mol. The largest absolute Gasteiger partial charge is 0.439 e. The molecule has 0 radical (unpaired) electrons. The number of nitrogens with one attached hydrogen (secondary N) is 1. The number of ether oxygens (including phenoxy) is 1. The van der Waals surface area contributed by atoms with Gasteiger partial charge in [0, 0.05) is 56.0 Å². The maximum Gasteiger partial charge on any atom is 0.228 e. The number of rotatable bonds is 6. The highest BCUT2D eigenvalue weighted by atomic mass is 16.5. The van der Waals surface area contributed by atoms with Crippen molar-refractivity contribution in [2.24, 2.45) is 0 Å². The predicted molar refractivity (Wildman–Crippen MR) is 120 cm³/mol. The Bertz CT molecular complexity index is 1100. The molecule has 0 spiro atoms. The van der Waals surface area contributed by atoms with Gasteiger partial charge in [-0.15, -0.1) is 0 Å². The van der Waals surface area contributed by atoms with Crippen molar-refractivity contribution < 1.29 is 4.74 Å². The first-order valence-electron chi connectivity index (χ1n) is 10.4. The minimum Gasteiger partial charge on any atom is -0.439 e. The molecule has 1 saturated heterocycles. The molecule has 1 N–H and O–H groups in total. The van der Waals surface area contributed by atoms with Crippen LogP contribution in [0.2, 0.25) is 0 Å². The SMILES string of the molecule is c1ccc(C[C@@H]2CN(c3nccc(Oc4ccc(-n5ccnc5)cc4)n3)CCN2)cc1. The molecule has 7 nitrogen and oxygen atoms in total. The fraction of sp³-hybridized carbons (Fsp3) is 0.208. The van der Waals surface area contributed by atoms with Crippen LogP contribution in [0, 0.1) is 0 Å². The van der Waals surface area contributed by atoms with Crippen molar-refractivity contribution in [3.05, 3.63) is 91.1 Å². The zero-order valence-electron chi connectivity index (χ0n) is 17.1. The Morgan fingerprint density at radius 3 is 2.68 bits per heavy atom. The Balaban J connectivity index is 1.25. The minimum absolute atomic E-state index is 0.361. The molecule has 0 saturated carbocycles. The highest BCUT2D eigenvalue weighted by Crippen LogP contribution is 2.23. The van der Waals surface area contributed by atoms with E-state index >= 15 is 0 Å². The molecule has 5 rings (SSSR count).